The highest BCUT2D eigenvalue weighted by Gasteiger charge is 2.20. The van der Waals surface area contributed by atoms with Crippen LogP contribution in [0.4, 0.5) is 0 Å². The van der Waals surface area contributed by atoms with Gasteiger partial charge in [0.05, 0.1) is 17.6 Å². The molecule has 0 aliphatic carbocycles. The van der Waals surface area contributed by atoms with Crippen LogP contribution in [0.2, 0.25) is 0 Å². The number of carbonyl (C=O) groups is 1. The van der Waals surface area contributed by atoms with Crippen LogP contribution in [0.3, 0.4) is 0 Å². The molecule has 0 radical (unpaired) electrons. The van der Waals surface area contributed by atoms with Gasteiger partial charge in [0.25, 0.3) is 5.75 Å². The van der Waals surface area contributed by atoms with Crippen molar-refractivity contribution >= 4 is 16.9 Å². The Kier molecular flexibility index (Phi) is 6.11. The summed E-state index contributed by atoms with van der Waals surface area (Å²) in [5.41, 5.74) is -0.553. The van der Waals surface area contributed by atoms with Crippen molar-refractivity contribution in [3.05, 3.63) is 76.7 Å². The third kappa shape index (κ3) is 4.40. The minimum Gasteiger partial charge on any atom is -0.504 e. The normalized spacial score (nSPS) is 11.0. The molecule has 1 aromatic heterocycles. The lowest BCUT2D eigenvalue weighted by molar-refractivity contribution is 0.0723. The average Bonchev–Trinajstić information content (AvgIpc) is 2.71. The molecule has 28 heavy (non-hydrogen) atoms. The Balaban J connectivity index is 1.82. The largest absolute Gasteiger partial charge is 0.504 e. The molecule has 144 valence electrons. The molecule has 0 spiro atoms. The fourth-order valence-electron chi connectivity index (χ4n) is 2.58. The van der Waals surface area contributed by atoms with Gasteiger partial charge in [-0.1, -0.05) is 37.3 Å². The molecular formula is C22H20O6. The summed E-state index contributed by atoms with van der Waals surface area (Å²) in [6.07, 6.45) is 5.81. The summed E-state index contributed by atoms with van der Waals surface area (Å²) in [4.78, 5) is 24.4. The number of rotatable bonds is 7. The number of fused-ring (bicyclic) bond motifs is 1. The van der Waals surface area contributed by atoms with E-state index in [0.29, 0.717) is 12.4 Å². The summed E-state index contributed by atoms with van der Waals surface area (Å²) in [6.45, 7) is 2.53. The van der Waals surface area contributed by atoms with Crippen LogP contribution in [0, 0.1) is 0 Å². The fraction of sp³-hybridized carbons (Fsp3) is 0.182. The van der Waals surface area contributed by atoms with Crippen LogP contribution >= 0.6 is 0 Å². The lowest BCUT2D eigenvalue weighted by Crippen LogP contribution is -2.14. The predicted octanol–water partition coefficient (Wildman–Crippen LogP) is 4.45. The van der Waals surface area contributed by atoms with Crippen molar-refractivity contribution < 1.29 is 23.8 Å². The zero-order valence-electron chi connectivity index (χ0n) is 15.4. The van der Waals surface area contributed by atoms with Crippen molar-refractivity contribution in [1.82, 2.24) is 0 Å². The van der Waals surface area contributed by atoms with Gasteiger partial charge >= 0.3 is 11.6 Å². The molecular weight excluding hydrogens is 360 g/mol. The first-order valence-corrected chi connectivity index (χ1v) is 8.95. The number of ether oxygens (including phenoxy) is 2. The highest BCUT2D eigenvalue weighted by atomic mass is 16.6. The summed E-state index contributed by atoms with van der Waals surface area (Å²) in [5, 5.41) is 10.6. The second-order valence-electron chi connectivity index (χ2n) is 6.00. The number of allylic oxidation sites excluding steroid dienone is 1. The van der Waals surface area contributed by atoms with E-state index in [9.17, 15) is 14.7 Å². The van der Waals surface area contributed by atoms with Crippen LogP contribution in [0.1, 0.15) is 30.1 Å². The molecule has 0 aliphatic heterocycles. The lowest BCUT2D eigenvalue weighted by atomic mass is 10.2. The number of carbonyl (C=O) groups excluding carboxylic acids is 1. The summed E-state index contributed by atoms with van der Waals surface area (Å²) >= 11 is 0. The molecule has 0 amide bonds. The van der Waals surface area contributed by atoms with E-state index in [4.69, 9.17) is 13.9 Å². The Labute approximate surface area is 161 Å². The number of hydrogen-bond acceptors (Lipinski definition) is 6. The molecule has 1 heterocycles. The molecule has 0 saturated carbocycles. The van der Waals surface area contributed by atoms with Crippen LogP contribution in [-0.2, 0) is 0 Å². The first kappa shape index (κ1) is 19.2. The van der Waals surface area contributed by atoms with Crippen LogP contribution in [0.15, 0.2) is 69.9 Å². The van der Waals surface area contributed by atoms with Gasteiger partial charge in [-0.05, 0) is 37.1 Å². The van der Waals surface area contributed by atoms with Gasteiger partial charge in [-0.2, -0.15) is 0 Å². The predicted molar refractivity (Wildman–Crippen MR) is 105 cm³/mol. The second kappa shape index (κ2) is 8.90. The van der Waals surface area contributed by atoms with E-state index in [2.05, 4.69) is 13.0 Å². The maximum Gasteiger partial charge on any atom is 0.383 e. The van der Waals surface area contributed by atoms with Gasteiger partial charge in [0.1, 0.15) is 11.3 Å². The maximum absolute atomic E-state index is 12.2. The van der Waals surface area contributed by atoms with Gasteiger partial charge in [-0.25, -0.2) is 9.59 Å². The van der Waals surface area contributed by atoms with E-state index in [0.717, 1.165) is 12.8 Å². The third-order valence-corrected chi connectivity index (χ3v) is 3.97. The minimum absolute atomic E-state index is 0.142. The van der Waals surface area contributed by atoms with E-state index in [1.807, 2.05) is 6.08 Å². The standard InChI is InChI=1S/C22H20O6/c1-2-3-4-8-13-26-16-11-12-17-18(14-16)27-22(25)20(19(17)23)28-21(24)15-9-6-5-7-10-15/h3-7,9-12,14,23H,2,8,13H2,1H3. The van der Waals surface area contributed by atoms with Crippen molar-refractivity contribution in [3.63, 3.8) is 0 Å². The number of benzene rings is 2. The summed E-state index contributed by atoms with van der Waals surface area (Å²) < 4.78 is 15.9. The topological polar surface area (TPSA) is 86.0 Å². The number of esters is 1. The highest BCUT2D eigenvalue weighted by Crippen LogP contribution is 2.33. The molecule has 0 bridgehead atoms. The summed E-state index contributed by atoms with van der Waals surface area (Å²) in [5.74, 6) is -1.25. The first-order valence-electron chi connectivity index (χ1n) is 8.95. The molecule has 0 atom stereocenters. The Morgan fingerprint density at radius 3 is 2.68 bits per heavy atom. The molecule has 0 aliphatic rings. The van der Waals surface area contributed by atoms with E-state index in [1.165, 1.54) is 6.07 Å². The lowest BCUT2D eigenvalue weighted by Gasteiger charge is -2.09. The number of hydrogen-bond donors (Lipinski definition) is 1. The Morgan fingerprint density at radius 1 is 1.14 bits per heavy atom. The Bertz CT molecular complexity index is 1050. The fourth-order valence-corrected chi connectivity index (χ4v) is 2.58. The average molecular weight is 380 g/mol. The number of aromatic hydroxyl groups is 1. The highest BCUT2D eigenvalue weighted by molar-refractivity contribution is 5.93. The molecule has 2 aromatic carbocycles. The molecule has 0 fully saturated rings. The van der Waals surface area contributed by atoms with Gasteiger partial charge < -0.3 is 19.0 Å². The zero-order valence-corrected chi connectivity index (χ0v) is 15.4. The van der Waals surface area contributed by atoms with E-state index in [1.54, 1.807) is 42.5 Å². The second-order valence-corrected chi connectivity index (χ2v) is 6.00. The van der Waals surface area contributed by atoms with Gasteiger partial charge in [0.2, 0.25) is 0 Å². The SMILES string of the molecule is CCC=CCCOc1ccc2c(O)c(OC(=O)c3ccccc3)c(=O)oc2c1. The molecule has 6 nitrogen and oxygen atoms in total. The summed E-state index contributed by atoms with van der Waals surface area (Å²) in [7, 11) is 0. The zero-order chi connectivity index (χ0) is 19.9. The minimum atomic E-state index is -0.947. The molecule has 0 saturated heterocycles. The van der Waals surface area contributed by atoms with E-state index in [-0.39, 0.29) is 16.5 Å². The van der Waals surface area contributed by atoms with Crippen LogP contribution in [0.25, 0.3) is 11.0 Å². The molecule has 1 N–H and O–H groups in total. The van der Waals surface area contributed by atoms with Crippen LogP contribution in [-0.4, -0.2) is 17.7 Å². The Morgan fingerprint density at radius 2 is 1.93 bits per heavy atom. The van der Waals surface area contributed by atoms with Crippen molar-refractivity contribution in [2.45, 2.75) is 19.8 Å². The molecule has 6 heteroatoms. The molecule has 0 unspecified atom stereocenters. The third-order valence-electron chi connectivity index (χ3n) is 3.97. The van der Waals surface area contributed by atoms with E-state index >= 15 is 0 Å². The van der Waals surface area contributed by atoms with Gasteiger partial charge in [0.15, 0.2) is 5.75 Å². The van der Waals surface area contributed by atoms with Crippen molar-refractivity contribution in [3.8, 4) is 17.2 Å². The quantitative estimate of drug-likeness (QED) is 0.282. The van der Waals surface area contributed by atoms with Crippen molar-refractivity contribution in [2.75, 3.05) is 6.61 Å². The van der Waals surface area contributed by atoms with Gasteiger partial charge in [-0.15, -0.1) is 0 Å². The van der Waals surface area contributed by atoms with Crippen molar-refractivity contribution in [1.29, 1.82) is 0 Å². The maximum atomic E-state index is 12.2. The molecule has 3 aromatic rings. The van der Waals surface area contributed by atoms with Crippen LogP contribution < -0.4 is 15.1 Å². The van der Waals surface area contributed by atoms with E-state index < -0.39 is 23.1 Å². The van der Waals surface area contributed by atoms with Crippen molar-refractivity contribution in [2.24, 2.45) is 0 Å². The smallest absolute Gasteiger partial charge is 0.383 e. The van der Waals surface area contributed by atoms with Crippen LogP contribution in [0.5, 0.6) is 17.2 Å². The monoisotopic (exact) mass is 380 g/mol. The first-order chi connectivity index (χ1) is 13.6. The van der Waals surface area contributed by atoms with Gasteiger partial charge in [0, 0.05) is 6.07 Å². The molecule has 3 rings (SSSR count). The summed E-state index contributed by atoms with van der Waals surface area (Å²) in [6, 6.07) is 12.9. The van der Waals surface area contributed by atoms with Gasteiger partial charge in [-0.3, -0.25) is 0 Å². The Hall–Kier alpha value is -3.54.